The molecule has 0 radical (unpaired) electrons. The van der Waals surface area contributed by atoms with Crippen LogP contribution < -0.4 is 5.73 Å². The number of hydrogen-bond acceptors (Lipinski definition) is 4. The second-order valence-electron chi connectivity index (χ2n) is 3.60. The Bertz CT molecular complexity index is 580. The van der Waals surface area contributed by atoms with Crippen molar-refractivity contribution in [2.24, 2.45) is 0 Å². The number of benzene rings is 1. The third-order valence-corrected chi connectivity index (χ3v) is 2.33. The Morgan fingerprint density at radius 1 is 1.56 bits per heavy atom. The summed E-state index contributed by atoms with van der Waals surface area (Å²) in [5.41, 5.74) is 6.76. The van der Waals surface area contributed by atoms with Gasteiger partial charge in [-0.2, -0.15) is 5.10 Å². The predicted molar refractivity (Wildman–Crippen MR) is 63.9 cm³/mol. The average Bonchev–Trinajstić information content (AvgIpc) is 2.82. The summed E-state index contributed by atoms with van der Waals surface area (Å²) in [6.07, 6.45) is 2.80. The second kappa shape index (κ2) is 4.87. The highest BCUT2D eigenvalue weighted by molar-refractivity contribution is 5.88. The largest absolute Gasteiger partial charge is 0.462 e. The van der Waals surface area contributed by atoms with Crippen molar-refractivity contribution >= 4 is 11.7 Å². The van der Waals surface area contributed by atoms with Crippen LogP contribution in [0.25, 0.3) is 5.69 Å². The lowest BCUT2D eigenvalue weighted by Gasteiger charge is -2.05. The number of aromatic nitrogens is 2. The summed E-state index contributed by atoms with van der Waals surface area (Å²) in [7, 11) is 0. The summed E-state index contributed by atoms with van der Waals surface area (Å²) in [5, 5.41) is 3.96. The molecule has 0 aliphatic heterocycles. The second-order valence-corrected chi connectivity index (χ2v) is 3.60. The number of nitrogens with zero attached hydrogens (tertiary/aromatic N) is 2. The molecule has 6 heteroatoms. The third-order valence-electron chi connectivity index (χ3n) is 2.33. The Hall–Kier alpha value is -2.37. The number of halogens is 1. The molecule has 18 heavy (non-hydrogen) atoms. The average molecular weight is 249 g/mol. The first kappa shape index (κ1) is 12.1. The number of rotatable bonds is 3. The highest BCUT2D eigenvalue weighted by atomic mass is 19.1. The fourth-order valence-electron chi connectivity index (χ4n) is 1.49. The van der Waals surface area contributed by atoms with E-state index in [1.807, 2.05) is 0 Å². The number of carbonyl (C=O) groups is 1. The zero-order valence-corrected chi connectivity index (χ0v) is 9.76. The molecule has 2 aromatic rings. The molecule has 0 saturated heterocycles. The summed E-state index contributed by atoms with van der Waals surface area (Å²) in [5.74, 6) is -0.897. The predicted octanol–water partition coefficient (Wildman–Crippen LogP) is 1.77. The lowest BCUT2D eigenvalue weighted by molar-refractivity contribution is 0.0526. The summed E-state index contributed by atoms with van der Waals surface area (Å²) in [6.45, 7) is 2.00. The molecule has 1 aromatic heterocycles. The minimum atomic E-state index is -0.473. The summed E-state index contributed by atoms with van der Waals surface area (Å²) < 4.78 is 19.3. The van der Waals surface area contributed by atoms with Gasteiger partial charge in [0.05, 0.1) is 29.7 Å². The van der Waals surface area contributed by atoms with Crippen molar-refractivity contribution in [1.82, 2.24) is 9.78 Å². The van der Waals surface area contributed by atoms with Gasteiger partial charge in [0.15, 0.2) is 0 Å². The van der Waals surface area contributed by atoms with Gasteiger partial charge in [-0.1, -0.05) is 0 Å². The van der Waals surface area contributed by atoms with E-state index in [1.54, 1.807) is 6.92 Å². The van der Waals surface area contributed by atoms with Crippen LogP contribution in [0.3, 0.4) is 0 Å². The molecule has 0 fully saturated rings. The van der Waals surface area contributed by atoms with Crippen molar-refractivity contribution in [3.8, 4) is 5.69 Å². The molecular formula is C12H12FN3O2. The highest BCUT2D eigenvalue weighted by Gasteiger charge is 2.11. The van der Waals surface area contributed by atoms with Crippen LogP contribution in [-0.2, 0) is 4.74 Å². The summed E-state index contributed by atoms with van der Waals surface area (Å²) >= 11 is 0. The molecule has 2 rings (SSSR count). The van der Waals surface area contributed by atoms with Crippen LogP contribution in [0.2, 0.25) is 0 Å². The normalized spacial score (nSPS) is 10.3. The zero-order chi connectivity index (χ0) is 13.1. The van der Waals surface area contributed by atoms with Gasteiger partial charge >= 0.3 is 5.97 Å². The maximum atomic E-state index is 13.1. The number of carbonyl (C=O) groups excluding carboxylic acids is 1. The van der Waals surface area contributed by atoms with Gasteiger partial charge < -0.3 is 10.5 Å². The first-order valence-corrected chi connectivity index (χ1v) is 5.39. The molecule has 2 N–H and O–H groups in total. The molecule has 94 valence electrons. The molecule has 0 spiro atoms. The Morgan fingerprint density at radius 3 is 3.06 bits per heavy atom. The van der Waals surface area contributed by atoms with Crippen LogP contribution in [0.1, 0.15) is 17.3 Å². The molecular weight excluding hydrogens is 237 g/mol. The SMILES string of the molecule is CCOC(=O)c1cnn(-c2cc(F)ccc2N)c1. The van der Waals surface area contributed by atoms with Crippen molar-refractivity contribution in [2.75, 3.05) is 12.3 Å². The van der Waals surface area contributed by atoms with E-state index in [1.165, 1.54) is 35.3 Å². The lowest BCUT2D eigenvalue weighted by atomic mass is 10.2. The molecule has 0 atom stereocenters. The summed E-state index contributed by atoms with van der Waals surface area (Å²) in [6, 6.07) is 3.95. The van der Waals surface area contributed by atoms with Gasteiger partial charge in [-0.05, 0) is 19.1 Å². The Morgan fingerprint density at radius 2 is 2.33 bits per heavy atom. The van der Waals surface area contributed by atoms with Crippen molar-refractivity contribution in [3.63, 3.8) is 0 Å². The number of ether oxygens (including phenoxy) is 1. The minimum absolute atomic E-state index is 0.284. The van der Waals surface area contributed by atoms with Gasteiger partial charge in [0, 0.05) is 12.3 Å². The monoisotopic (exact) mass is 249 g/mol. The van der Waals surface area contributed by atoms with Gasteiger partial charge in [0.25, 0.3) is 0 Å². The Balaban J connectivity index is 2.35. The number of nitrogens with two attached hydrogens (primary N) is 1. The fourth-order valence-corrected chi connectivity index (χ4v) is 1.49. The number of nitrogen functional groups attached to an aromatic ring is 1. The first-order valence-electron chi connectivity index (χ1n) is 5.39. The highest BCUT2D eigenvalue weighted by Crippen LogP contribution is 2.18. The van der Waals surface area contributed by atoms with E-state index in [4.69, 9.17) is 10.5 Å². The zero-order valence-electron chi connectivity index (χ0n) is 9.76. The quantitative estimate of drug-likeness (QED) is 0.664. The standard InChI is InChI=1S/C12H12FN3O2/c1-2-18-12(17)8-6-15-16(7-8)11-5-9(13)3-4-10(11)14/h3-7H,2,14H2,1H3. The van der Waals surface area contributed by atoms with E-state index in [0.29, 0.717) is 16.9 Å². The van der Waals surface area contributed by atoms with E-state index in [2.05, 4.69) is 5.10 Å². The smallest absolute Gasteiger partial charge is 0.341 e. The van der Waals surface area contributed by atoms with Crippen molar-refractivity contribution in [3.05, 3.63) is 42.0 Å². The van der Waals surface area contributed by atoms with Gasteiger partial charge in [0.2, 0.25) is 0 Å². The molecule has 0 saturated carbocycles. The molecule has 5 nitrogen and oxygen atoms in total. The van der Waals surface area contributed by atoms with E-state index < -0.39 is 11.8 Å². The number of esters is 1. The van der Waals surface area contributed by atoms with Crippen LogP contribution in [0.4, 0.5) is 10.1 Å². The maximum Gasteiger partial charge on any atom is 0.341 e. The van der Waals surface area contributed by atoms with Crippen molar-refractivity contribution in [2.45, 2.75) is 6.92 Å². The molecule has 0 aliphatic carbocycles. The van der Waals surface area contributed by atoms with Gasteiger partial charge in [0.1, 0.15) is 5.82 Å². The van der Waals surface area contributed by atoms with Crippen molar-refractivity contribution < 1.29 is 13.9 Å². The molecule has 1 heterocycles. The number of anilines is 1. The fraction of sp³-hybridized carbons (Fsp3) is 0.167. The molecule has 0 aliphatic rings. The molecule has 0 amide bonds. The van der Waals surface area contributed by atoms with Crippen molar-refractivity contribution in [1.29, 1.82) is 0 Å². The topological polar surface area (TPSA) is 70.1 Å². The maximum absolute atomic E-state index is 13.1. The third kappa shape index (κ3) is 2.32. The van der Waals surface area contributed by atoms with Crippen LogP contribution in [-0.4, -0.2) is 22.4 Å². The van der Waals surface area contributed by atoms with E-state index in [0.717, 1.165) is 0 Å². The van der Waals surface area contributed by atoms with Crippen LogP contribution in [0, 0.1) is 5.82 Å². The lowest BCUT2D eigenvalue weighted by Crippen LogP contribution is -2.04. The molecule has 0 unspecified atom stereocenters. The van der Waals surface area contributed by atoms with Gasteiger partial charge in [-0.15, -0.1) is 0 Å². The number of hydrogen-bond donors (Lipinski definition) is 1. The van der Waals surface area contributed by atoms with E-state index in [-0.39, 0.29) is 6.61 Å². The van der Waals surface area contributed by atoms with Gasteiger partial charge in [-0.25, -0.2) is 13.9 Å². The van der Waals surface area contributed by atoms with Crippen LogP contribution in [0.5, 0.6) is 0 Å². The Kier molecular flexibility index (Phi) is 3.27. The van der Waals surface area contributed by atoms with Gasteiger partial charge in [-0.3, -0.25) is 0 Å². The van der Waals surface area contributed by atoms with E-state index in [9.17, 15) is 9.18 Å². The molecule has 1 aromatic carbocycles. The van der Waals surface area contributed by atoms with Crippen LogP contribution >= 0.6 is 0 Å². The van der Waals surface area contributed by atoms with Crippen LogP contribution in [0.15, 0.2) is 30.6 Å². The molecule has 0 bridgehead atoms. The summed E-state index contributed by atoms with van der Waals surface area (Å²) in [4.78, 5) is 11.5. The first-order chi connectivity index (χ1) is 8.61. The Labute approximate surface area is 103 Å². The van der Waals surface area contributed by atoms with E-state index >= 15 is 0 Å². The minimum Gasteiger partial charge on any atom is -0.462 e.